The standard InChI is InChI=1S/C13H22N4O2/c1-4-14-12(18)9(2)17-7-5-11(6-8-17)13-15-10(3)16-19-13/h9,11H,4-8H2,1-3H3,(H,14,18)/t9-/m0/s1. The Hall–Kier alpha value is -1.43. The van der Waals surface area contributed by atoms with Crippen molar-refractivity contribution in [2.24, 2.45) is 0 Å². The molecular formula is C13H22N4O2. The molecule has 1 N–H and O–H groups in total. The van der Waals surface area contributed by atoms with Gasteiger partial charge in [-0.25, -0.2) is 0 Å². The van der Waals surface area contributed by atoms with Crippen molar-refractivity contribution in [1.82, 2.24) is 20.4 Å². The Morgan fingerprint density at radius 2 is 2.21 bits per heavy atom. The lowest BCUT2D eigenvalue weighted by Gasteiger charge is -2.34. The molecule has 1 aromatic heterocycles. The summed E-state index contributed by atoms with van der Waals surface area (Å²) < 4.78 is 5.23. The molecule has 0 aliphatic carbocycles. The van der Waals surface area contributed by atoms with Crippen molar-refractivity contribution in [3.63, 3.8) is 0 Å². The average molecular weight is 266 g/mol. The van der Waals surface area contributed by atoms with E-state index in [0.717, 1.165) is 31.8 Å². The normalized spacial score (nSPS) is 19.3. The van der Waals surface area contributed by atoms with Gasteiger partial charge in [0.25, 0.3) is 0 Å². The Kier molecular flexibility index (Phi) is 4.52. The first-order chi connectivity index (χ1) is 9.11. The Labute approximate surface area is 113 Å². The number of hydrogen-bond donors (Lipinski definition) is 1. The average Bonchev–Trinajstić information content (AvgIpc) is 2.85. The molecule has 0 radical (unpaired) electrons. The molecule has 2 rings (SSSR count). The van der Waals surface area contributed by atoms with E-state index in [1.165, 1.54) is 0 Å². The lowest BCUT2D eigenvalue weighted by molar-refractivity contribution is -0.126. The van der Waals surface area contributed by atoms with Crippen molar-refractivity contribution in [1.29, 1.82) is 0 Å². The zero-order chi connectivity index (χ0) is 13.8. The van der Waals surface area contributed by atoms with Crippen molar-refractivity contribution >= 4 is 5.91 Å². The van der Waals surface area contributed by atoms with Crippen LogP contribution in [0.1, 0.15) is 44.3 Å². The van der Waals surface area contributed by atoms with Crippen molar-refractivity contribution in [2.45, 2.75) is 45.6 Å². The number of hydrogen-bond acceptors (Lipinski definition) is 5. The number of nitrogens with one attached hydrogen (secondary N) is 1. The Bertz CT molecular complexity index is 424. The summed E-state index contributed by atoms with van der Waals surface area (Å²) in [6.45, 7) is 8.20. The highest BCUT2D eigenvalue weighted by atomic mass is 16.5. The summed E-state index contributed by atoms with van der Waals surface area (Å²) in [5.41, 5.74) is 0. The number of carbonyl (C=O) groups is 1. The first kappa shape index (κ1) is 14.0. The van der Waals surface area contributed by atoms with Crippen molar-refractivity contribution < 1.29 is 9.32 Å². The molecule has 19 heavy (non-hydrogen) atoms. The number of nitrogens with zero attached hydrogens (tertiary/aromatic N) is 3. The van der Waals surface area contributed by atoms with E-state index < -0.39 is 0 Å². The highest BCUT2D eigenvalue weighted by Gasteiger charge is 2.29. The van der Waals surface area contributed by atoms with Crippen LogP contribution in [0.15, 0.2) is 4.52 Å². The topological polar surface area (TPSA) is 71.3 Å². The summed E-state index contributed by atoms with van der Waals surface area (Å²) >= 11 is 0. The second-order valence-corrected chi connectivity index (χ2v) is 5.06. The minimum atomic E-state index is -0.0645. The molecular weight excluding hydrogens is 244 g/mol. The number of piperidine rings is 1. The summed E-state index contributed by atoms with van der Waals surface area (Å²) in [4.78, 5) is 18.3. The van der Waals surface area contributed by atoms with Crippen LogP contribution in [0.25, 0.3) is 0 Å². The first-order valence-corrected chi connectivity index (χ1v) is 6.93. The zero-order valence-corrected chi connectivity index (χ0v) is 11.8. The maximum Gasteiger partial charge on any atom is 0.237 e. The van der Waals surface area contributed by atoms with Crippen LogP contribution in [0.5, 0.6) is 0 Å². The molecule has 1 aliphatic rings. The van der Waals surface area contributed by atoms with Crippen LogP contribution in [-0.4, -0.2) is 46.6 Å². The summed E-state index contributed by atoms with van der Waals surface area (Å²) in [5, 5.41) is 6.70. The molecule has 1 aliphatic heterocycles. The van der Waals surface area contributed by atoms with Crippen molar-refractivity contribution in [2.75, 3.05) is 19.6 Å². The lowest BCUT2D eigenvalue weighted by Crippen LogP contribution is -2.48. The number of likely N-dealkylation sites (tertiary alicyclic amines) is 1. The fourth-order valence-electron chi connectivity index (χ4n) is 2.50. The largest absolute Gasteiger partial charge is 0.355 e. The van der Waals surface area contributed by atoms with Gasteiger partial charge in [0, 0.05) is 12.5 Å². The first-order valence-electron chi connectivity index (χ1n) is 6.93. The SMILES string of the molecule is CCNC(=O)[C@H](C)N1CCC(c2nc(C)no2)CC1. The van der Waals surface area contributed by atoms with Gasteiger partial charge in [-0.1, -0.05) is 5.16 Å². The second-order valence-electron chi connectivity index (χ2n) is 5.06. The summed E-state index contributed by atoms with van der Waals surface area (Å²) in [7, 11) is 0. The Morgan fingerprint density at radius 1 is 1.53 bits per heavy atom. The molecule has 106 valence electrons. The van der Waals surface area contributed by atoms with Crippen LogP contribution in [0.3, 0.4) is 0 Å². The highest BCUT2D eigenvalue weighted by Crippen LogP contribution is 2.27. The van der Waals surface area contributed by atoms with E-state index in [4.69, 9.17) is 4.52 Å². The Balaban J connectivity index is 1.87. The molecule has 0 unspecified atom stereocenters. The fourth-order valence-corrected chi connectivity index (χ4v) is 2.50. The van der Waals surface area contributed by atoms with Gasteiger partial charge >= 0.3 is 0 Å². The van der Waals surface area contributed by atoms with Gasteiger partial charge in [0.15, 0.2) is 5.82 Å². The third-order valence-corrected chi connectivity index (χ3v) is 3.70. The van der Waals surface area contributed by atoms with Gasteiger partial charge < -0.3 is 9.84 Å². The van der Waals surface area contributed by atoms with Gasteiger partial charge in [-0.05, 0) is 46.7 Å². The molecule has 0 aromatic carbocycles. The highest BCUT2D eigenvalue weighted by molar-refractivity contribution is 5.81. The summed E-state index contributed by atoms with van der Waals surface area (Å²) in [5.74, 6) is 1.87. The minimum absolute atomic E-state index is 0.0645. The molecule has 0 spiro atoms. The number of aromatic nitrogens is 2. The smallest absolute Gasteiger partial charge is 0.237 e. The van der Waals surface area contributed by atoms with E-state index in [-0.39, 0.29) is 11.9 Å². The number of amides is 1. The molecule has 1 aromatic rings. The predicted molar refractivity (Wildman–Crippen MR) is 70.7 cm³/mol. The van der Waals surface area contributed by atoms with Crippen LogP contribution in [0, 0.1) is 6.92 Å². The van der Waals surface area contributed by atoms with Crippen molar-refractivity contribution in [3.05, 3.63) is 11.7 Å². The van der Waals surface area contributed by atoms with Gasteiger partial charge in [-0.3, -0.25) is 9.69 Å². The van der Waals surface area contributed by atoms with Crippen LogP contribution in [0.2, 0.25) is 0 Å². The summed E-state index contributed by atoms with van der Waals surface area (Å²) in [6.07, 6.45) is 1.93. The maximum absolute atomic E-state index is 11.8. The van der Waals surface area contributed by atoms with E-state index in [1.54, 1.807) is 0 Å². The molecule has 1 atom stereocenters. The zero-order valence-electron chi connectivity index (χ0n) is 11.8. The van der Waals surface area contributed by atoms with Crippen molar-refractivity contribution in [3.8, 4) is 0 Å². The van der Waals surface area contributed by atoms with E-state index in [2.05, 4.69) is 20.4 Å². The molecule has 1 saturated heterocycles. The van der Waals surface area contributed by atoms with Gasteiger partial charge in [0.05, 0.1) is 6.04 Å². The monoisotopic (exact) mass is 266 g/mol. The van der Waals surface area contributed by atoms with Crippen LogP contribution in [-0.2, 0) is 4.79 Å². The molecule has 6 heteroatoms. The molecule has 2 heterocycles. The minimum Gasteiger partial charge on any atom is -0.355 e. The van der Waals surface area contributed by atoms with E-state index >= 15 is 0 Å². The second kappa shape index (κ2) is 6.14. The number of rotatable bonds is 4. The van der Waals surface area contributed by atoms with Gasteiger partial charge in [0.2, 0.25) is 11.8 Å². The Morgan fingerprint density at radius 3 is 2.74 bits per heavy atom. The fraction of sp³-hybridized carbons (Fsp3) is 0.769. The third-order valence-electron chi connectivity index (χ3n) is 3.70. The van der Waals surface area contributed by atoms with E-state index in [9.17, 15) is 4.79 Å². The predicted octanol–water partition coefficient (Wildman–Crippen LogP) is 1.08. The van der Waals surface area contributed by atoms with Gasteiger partial charge in [-0.15, -0.1) is 0 Å². The third kappa shape index (κ3) is 3.32. The number of likely N-dealkylation sites (N-methyl/N-ethyl adjacent to an activating group) is 1. The number of carbonyl (C=O) groups excluding carboxylic acids is 1. The summed E-state index contributed by atoms with van der Waals surface area (Å²) in [6, 6.07) is -0.0645. The molecule has 0 saturated carbocycles. The molecule has 6 nitrogen and oxygen atoms in total. The number of aryl methyl sites for hydroxylation is 1. The van der Waals surface area contributed by atoms with Gasteiger partial charge in [-0.2, -0.15) is 4.98 Å². The van der Waals surface area contributed by atoms with Crippen LogP contribution < -0.4 is 5.32 Å². The van der Waals surface area contributed by atoms with E-state index in [1.807, 2.05) is 20.8 Å². The van der Waals surface area contributed by atoms with Crippen LogP contribution in [0.4, 0.5) is 0 Å². The molecule has 0 bridgehead atoms. The quantitative estimate of drug-likeness (QED) is 0.883. The maximum atomic E-state index is 11.8. The molecule has 1 amide bonds. The lowest BCUT2D eigenvalue weighted by atomic mass is 9.95. The molecule has 1 fully saturated rings. The van der Waals surface area contributed by atoms with E-state index in [0.29, 0.717) is 18.3 Å². The van der Waals surface area contributed by atoms with Crippen LogP contribution >= 0.6 is 0 Å². The van der Waals surface area contributed by atoms with Gasteiger partial charge in [0.1, 0.15) is 0 Å².